The quantitative estimate of drug-likeness (QED) is 0.229. The molecule has 0 aliphatic heterocycles. The highest BCUT2D eigenvalue weighted by Gasteiger charge is 2.18. The van der Waals surface area contributed by atoms with Crippen molar-refractivity contribution in [3.8, 4) is 0 Å². The first-order valence-electron chi connectivity index (χ1n) is 5.08. The summed E-state index contributed by atoms with van der Waals surface area (Å²) < 4.78 is 0. The Hall–Kier alpha value is -0.498. The normalized spacial score (nSPS) is 10.8. The largest absolute Gasteiger partial charge is 0.506 e. The number of rotatable bonds is 3. The highest BCUT2D eigenvalue weighted by atomic mass is 35.7. The van der Waals surface area contributed by atoms with Gasteiger partial charge in [0.25, 0.3) is 5.24 Å². The number of ketones is 1. The smallest absolute Gasteiger partial charge is 0.495 e. The minimum Gasteiger partial charge on any atom is -0.506 e. The van der Waals surface area contributed by atoms with E-state index in [0.717, 1.165) is 5.56 Å². The fraction of sp³-hybridized carbons (Fsp3) is 0.167. The maximum Gasteiger partial charge on any atom is 0.495 e. The molecule has 0 fully saturated rings. The van der Waals surface area contributed by atoms with E-state index in [4.69, 9.17) is 31.7 Å². The molecule has 101 valence electrons. The third-order valence-electron chi connectivity index (χ3n) is 2.11. The molecule has 0 unspecified atom stereocenters. The summed E-state index contributed by atoms with van der Waals surface area (Å²) in [5.74, 6) is -0.939. The summed E-state index contributed by atoms with van der Waals surface area (Å²) >= 11 is 4.93. The van der Waals surface area contributed by atoms with Crippen LogP contribution < -0.4 is 0 Å². The van der Waals surface area contributed by atoms with Crippen LogP contribution in [0.2, 0.25) is 0 Å². The molecule has 0 saturated heterocycles. The van der Waals surface area contributed by atoms with Crippen LogP contribution in [0.5, 0.6) is 0 Å². The predicted molar refractivity (Wildman–Crippen MR) is 79.7 cm³/mol. The van der Waals surface area contributed by atoms with E-state index in [1.807, 2.05) is 6.92 Å². The Balaban J connectivity index is 0.000000982. The van der Waals surface area contributed by atoms with Crippen LogP contribution in [0, 0.1) is 6.92 Å². The zero-order valence-corrected chi connectivity index (χ0v) is 13.7. The van der Waals surface area contributed by atoms with Crippen molar-refractivity contribution < 1.29 is 14.7 Å². The van der Waals surface area contributed by atoms with Crippen molar-refractivity contribution in [1.29, 1.82) is 0 Å². The van der Waals surface area contributed by atoms with Crippen LogP contribution >= 0.6 is 31.7 Å². The van der Waals surface area contributed by atoms with Gasteiger partial charge < -0.3 is 5.11 Å². The summed E-state index contributed by atoms with van der Waals surface area (Å²) in [7, 11) is 9.69. The molecule has 0 aliphatic rings. The van der Waals surface area contributed by atoms with Gasteiger partial charge in [-0.2, -0.15) is 0 Å². The van der Waals surface area contributed by atoms with E-state index in [2.05, 4.69) is 0 Å². The Morgan fingerprint density at radius 1 is 1.16 bits per heavy atom. The number of aryl methyl sites for hydroxylation is 1. The van der Waals surface area contributed by atoms with Crippen LogP contribution in [0.25, 0.3) is 5.76 Å². The minimum absolute atomic E-state index is 0.306. The van der Waals surface area contributed by atoms with E-state index in [1.165, 1.54) is 6.92 Å². The monoisotopic (exact) mass is 335 g/mol. The van der Waals surface area contributed by atoms with E-state index in [9.17, 15) is 14.7 Å². The van der Waals surface area contributed by atoms with Crippen molar-refractivity contribution in [2.75, 3.05) is 0 Å². The molecule has 1 aromatic carbocycles. The molecule has 0 heterocycles. The number of aliphatic hydroxyl groups is 1. The standard InChI is InChI=1S/C12H11ClO3.Al.2ClH/c1-7-3-5-9(6-4-7)11(15)10(8(2)14)12(13)16;;;/h3-6,15H,1-2H3;;2*1H/q;+2;;/p-2/b11-10+;;;. The van der Waals surface area contributed by atoms with E-state index >= 15 is 0 Å². The molecule has 0 bridgehead atoms. The lowest BCUT2D eigenvalue weighted by atomic mass is 10.1. The molecule has 0 saturated carbocycles. The zero-order chi connectivity index (χ0) is 15.0. The molecular weight excluding hydrogens is 325 g/mol. The SMILES string of the molecule is CC(=O)/C(C(=O)Cl)=C(\O)c1ccc(C)cc1.[Cl][Al][Cl]. The molecule has 1 aromatic rings. The molecule has 0 aliphatic carbocycles. The molecular formula is C12H11AlCl3O3. The fourth-order valence-electron chi connectivity index (χ4n) is 1.25. The van der Waals surface area contributed by atoms with Gasteiger partial charge in [-0.3, -0.25) is 9.59 Å². The molecule has 7 heteroatoms. The number of benzene rings is 1. The minimum atomic E-state index is -0.953. The summed E-state index contributed by atoms with van der Waals surface area (Å²) in [4.78, 5) is 22.1. The number of Topliss-reactive ketones (excluding diaryl/α,β-unsaturated/α-hetero) is 1. The van der Waals surface area contributed by atoms with Gasteiger partial charge in [0.05, 0.1) is 0 Å². The van der Waals surface area contributed by atoms with Gasteiger partial charge in [-0.15, -0.1) is 0 Å². The number of carbonyl (C=O) groups is 2. The third-order valence-corrected chi connectivity index (χ3v) is 2.30. The van der Waals surface area contributed by atoms with Crippen LogP contribution in [0.3, 0.4) is 0 Å². The first kappa shape index (κ1) is 18.5. The topological polar surface area (TPSA) is 54.4 Å². The summed E-state index contributed by atoms with van der Waals surface area (Å²) in [5, 5.41) is 8.81. The number of hydrogen-bond acceptors (Lipinski definition) is 3. The van der Waals surface area contributed by atoms with Crippen LogP contribution in [0.15, 0.2) is 29.8 Å². The van der Waals surface area contributed by atoms with Gasteiger partial charge >= 0.3 is 13.4 Å². The van der Waals surface area contributed by atoms with Crippen molar-refractivity contribution in [2.24, 2.45) is 0 Å². The van der Waals surface area contributed by atoms with Gasteiger partial charge in [0.15, 0.2) is 5.78 Å². The summed E-state index contributed by atoms with van der Waals surface area (Å²) in [6.07, 6.45) is 0. The van der Waals surface area contributed by atoms with Crippen molar-refractivity contribution in [3.05, 3.63) is 41.0 Å². The lowest BCUT2D eigenvalue weighted by molar-refractivity contribution is -0.117. The van der Waals surface area contributed by atoms with Crippen molar-refractivity contribution in [1.82, 2.24) is 0 Å². The van der Waals surface area contributed by atoms with Crippen molar-refractivity contribution in [3.63, 3.8) is 0 Å². The number of aliphatic hydroxyl groups excluding tert-OH is 1. The van der Waals surface area contributed by atoms with Crippen LogP contribution in [0.4, 0.5) is 0 Å². The van der Waals surface area contributed by atoms with Crippen LogP contribution in [-0.2, 0) is 9.59 Å². The maximum atomic E-state index is 11.1. The average Bonchev–Trinajstić information content (AvgIpc) is 2.29. The summed E-state index contributed by atoms with van der Waals surface area (Å²) in [6, 6.07) is 6.77. The number of hydrogen-bond donors (Lipinski definition) is 1. The molecule has 0 atom stereocenters. The molecule has 0 amide bonds. The molecule has 19 heavy (non-hydrogen) atoms. The molecule has 0 aromatic heterocycles. The molecule has 1 N–H and O–H groups in total. The van der Waals surface area contributed by atoms with E-state index in [1.54, 1.807) is 24.3 Å². The Morgan fingerprint density at radius 3 is 1.89 bits per heavy atom. The first-order valence-corrected chi connectivity index (χ1v) is 8.95. The Morgan fingerprint density at radius 2 is 1.58 bits per heavy atom. The first-order chi connectivity index (χ1) is 8.84. The van der Waals surface area contributed by atoms with E-state index < -0.39 is 11.0 Å². The lowest BCUT2D eigenvalue weighted by Gasteiger charge is -2.04. The summed E-state index contributed by atoms with van der Waals surface area (Å²) in [5.41, 5.74) is 1.02. The molecule has 1 rings (SSSR count). The maximum absolute atomic E-state index is 11.1. The highest BCUT2D eigenvalue weighted by molar-refractivity contribution is 7.22. The van der Waals surface area contributed by atoms with Gasteiger partial charge in [-0.25, -0.2) is 20.1 Å². The van der Waals surface area contributed by atoms with Gasteiger partial charge in [0, 0.05) is 5.56 Å². The highest BCUT2D eigenvalue weighted by Crippen LogP contribution is 2.19. The van der Waals surface area contributed by atoms with Gasteiger partial charge in [0.1, 0.15) is 11.3 Å². The third kappa shape index (κ3) is 6.47. The van der Waals surface area contributed by atoms with E-state index in [0.29, 0.717) is 5.56 Å². The van der Waals surface area contributed by atoms with Crippen LogP contribution in [0.1, 0.15) is 18.1 Å². The second kappa shape index (κ2) is 9.41. The predicted octanol–water partition coefficient (Wildman–Crippen LogP) is 3.62. The number of halogens is 3. The second-order valence-corrected chi connectivity index (χ2v) is 5.99. The second-order valence-electron chi connectivity index (χ2n) is 3.50. The fourth-order valence-corrected chi connectivity index (χ4v) is 1.48. The van der Waals surface area contributed by atoms with E-state index in [-0.39, 0.29) is 24.7 Å². The van der Waals surface area contributed by atoms with Gasteiger partial charge in [-0.1, -0.05) is 29.8 Å². The molecule has 0 spiro atoms. The van der Waals surface area contributed by atoms with Crippen molar-refractivity contribution in [2.45, 2.75) is 13.8 Å². The molecule has 1 radical (unpaired) electrons. The Kier molecular flexibility index (Phi) is 9.17. The lowest BCUT2D eigenvalue weighted by Crippen LogP contribution is -2.07. The van der Waals surface area contributed by atoms with Crippen molar-refractivity contribution >= 4 is 61.9 Å². The molecule has 3 nitrogen and oxygen atoms in total. The van der Waals surface area contributed by atoms with Crippen LogP contribution in [-0.4, -0.2) is 29.5 Å². The van der Waals surface area contributed by atoms with Gasteiger partial charge in [-0.05, 0) is 25.4 Å². The number of allylic oxidation sites excluding steroid dienone is 1. The number of carbonyl (C=O) groups excluding carboxylic acids is 2. The Labute approximate surface area is 131 Å². The Bertz CT molecular complexity index is 467. The zero-order valence-electron chi connectivity index (χ0n) is 10.3. The van der Waals surface area contributed by atoms with Gasteiger partial charge in [0.2, 0.25) is 0 Å². The average molecular weight is 337 g/mol. The summed E-state index contributed by atoms with van der Waals surface area (Å²) in [6.45, 7) is 3.07.